The van der Waals surface area contributed by atoms with E-state index in [-0.39, 0.29) is 0 Å². The number of amidine groups is 2. The van der Waals surface area contributed by atoms with Gasteiger partial charge in [0.1, 0.15) is 5.84 Å². The standard InChI is InChI=1S/C15H15N3S/c1-19-15(17-13-10-6-3-7-11-13)18-14(16)12-8-4-2-5-9-12/h2-11H,1H3,(H2,16,17,18). The third kappa shape index (κ3) is 3.96. The highest BCUT2D eigenvalue weighted by Gasteiger charge is 2.00. The van der Waals surface area contributed by atoms with Crippen molar-refractivity contribution in [1.82, 2.24) is 0 Å². The molecule has 96 valence electrons. The molecule has 0 radical (unpaired) electrons. The first-order valence-corrected chi connectivity index (χ1v) is 7.09. The van der Waals surface area contributed by atoms with Crippen molar-refractivity contribution in [1.29, 1.82) is 0 Å². The summed E-state index contributed by atoms with van der Waals surface area (Å²) in [5.74, 6) is 0.477. The molecule has 0 saturated heterocycles. The number of hydrogen-bond acceptors (Lipinski definition) is 2. The van der Waals surface area contributed by atoms with Crippen molar-refractivity contribution in [3.8, 4) is 0 Å². The fourth-order valence-corrected chi connectivity index (χ4v) is 1.89. The van der Waals surface area contributed by atoms with Crippen LogP contribution in [0.3, 0.4) is 0 Å². The second kappa shape index (κ2) is 6.75. The summed E-state index contributed by atoms with van der Waals surface area (Å²) >= 11 is 1.47. The number of aliphatic imine (C=N–C) groups is 2. The third-order valence-electron chi connectivity index (χ3n) is 2.45. The van der Waals surface area contributed by atoms with Crippen molar-refractivity contribution < 1.29 is 0 Å². The smallest absolute Gasteiger partial charge is 0.189 e. The van der Waals surface area contributed by atoms with Gasteiger partial charge in [-0.2, -0.15) is 0 Å². The Morgan fingerprint density at radius 3 is 2.11 bits per heavy atom. The molecule has 0 aliphatic carbocycles. The first-order valence-electron chi connectivity index (χ1n) is 5.87. The molecule has 0 amide bonds. The summed E-state index contributed by atoms with van der Waals surface area (Å²) in [4.78, 5) is 8.82. The van der Waals surface area contributed by atoms with Crippen LogP contribution < -0.4 is 5.73 Å². The van der Waals surface area contributed by atoms with Crippen LogP contribution in [0.5, 0.6) is 0 Å². The van der Waals surface area contributed by atoms with Crippen molar-refractivity contribution in [3.05, 3.63) is 66.2 Å². The fraction of sp³-hybridized carbons (Fsp3) is 0.0667. The second-order valence-electron chi connectivity index (χ2n) is 3.80. The molecule has 4 heteroatoms. The molecule has 0 atom stereocenters. The van der Waals surface area contributed by atoms with E-state index in [2.05, 4.69) is 9.98 Å². The largest absolute Gasteiger partial charge is 0.383 e. The Balaban J connectivity index is 2.26. The third-order valence-corrected chi connectivity index (χ3v) is 3.00. The van der Waals surface area contributed by atoms with Crippen molar-refractivity contribution >= 4 is 28.5 Å². The molecule has 19 heavy (non-hydrogen) atoms. The van der Waals surface area contributed by atoms with Gasteiger partial charge in [-0.15, -0.1) is 0 Å². The minimum atomic E-state index is 0.477. The predicted molar refractivity (Wildman–Crippen MR) is 84.2 cm³/mol. The van der Waals surface area contributed by atoms with Gasteiger partial charge in [-0.1, -0.05) is 60.3 Å². The molecule has 0 aromatic heterocycles. The van der Waals surface area contributed by atoms with Crippen LogP contribution in [0.2, 0.25) is 0 Å². The monoisotopic (exact) mass is 269 g/mol. The molecule has 2 aromatic rings. The van der Waals surface area contributed by atoms with Gasteiger partial charge in [-0.05, 0) is 18.4 Å². The van der Waals surface area contributed by atoms with Gasteiger partial charge in [0.15, 0.2) is 5.17 Å². The lowest BCUT2D eigenvalue weighted by Gasteiger charge is -2.02. The first-order chi connectivity index (χ1) is 9.29. The number of thioether (sulfide) groups is 1. The van der Waals surface area contributed by atoms with Gasteiger partial charge in [-0.25, -0.2) is 9.98 Å². The van der Waals surface area contributed by atoms with Crippen LogP contribution >= 0.6 is 11.8 Å². The highest BCUT2D eigenvalue weighted by Crippen LogP contribution is 2.14. The second-order valence-corrected chi connectivity index (χ2v) is 4.57. The Kier molecular flexibility index (Phi) is 4.75. The molecule has 2 aromatic carbocycles. The SMILES string of the molecule is CSC(=Nc1ccccc1)/N=C(\N)c1ccccc1. The normalized spacial score (nSPS) is 12.5. The number of benzene rings is 2. The van der Waals surface area contributed by atoms with Crippen LogP contribution in [-0.2, 0) is 0 Å². The zero-order valence-corrected chi connectivity index (χ0v) is 11.5. The van der Waals surface area contributed by atoms with Gasteiger partial charge >= 0.3 is 0 Å². The van der Waals surface area contributed by atoms with Crippen LogP contribution in [0.1, 0.15) is 5.56 Å². The average molecular weight is 269 g/mol. The Labute approximate surface area is 117 Å². The predicted octanol–water partition coefficient (Wildman–Crippen LogP) is 3.44. The van der Waals surface area contributed by atoms with Crippen molar-refractivity contribution in [2.45, 2.75) is 0 Å². The van der Waals surface area contributed by atoms with E-state index in [0.29, 0.717) is 11.0 Å². The molecule has 0 spiro atoms. The van der Waals surface area contributed by atoms with E-state index in [4.69, 9.17) is 5.73 Å². The van der Waals surface area contributed by atoms with E-state index in [0.717, 1.165) is 11.3 Å². The molecule has 0 heterocycles. The summed E-state index contributed by atoms with van der Waals surface area (Å²) in [5, 5.41) is 0.646. The maximum absolute atomic E-state index is 5.98. The van der Waals surface area contributed by atoms with Gasteiger partial charge in [0.05, 0.1) is 5.69 Å². The molecular formula is C15H15N3S. The van der Waals surface area contributed by atoms with E-state index < -0.39 is 0 Å². The molecule has 3 nitrogen and oxygen atoms in total. The number of para-hydroxylation sites is 1. The van der Waals surface area contributed by atoms with Gasteiger partial charge in [0.25, 0.3) is 0 Å². The van der Waals surface area contributed by atoms with E-state index in [1.54, 1.807) is 0 Å². The number of hydrogen-bond donors (Lipinski definition) is 1. The lowest BCUT2D eigenvalue weighted by Crippen LogP contribution is -2.14. The number of nitrogens with zero attached hydrogens (tertiary/aromatic N) is 2. The molecule has 0 aliphatic rings. The quantitative estimate of drug-likeness (QED) is 0.670. The maximum Gasteiger partial charge on any atom is 0.189 e. The highest BCUT2D eigenvalue weighted by atomic mass is 32.2. The van der Waals surface area contributed by atoms with Crippen LogP contribution in [-0.4, -0.2) is 17.3 Å². The van der Waals surface area contributed by atoms with E-state index in [9.17, 15) is 0 Å². The Hall–Kier alpha value is -2.07. The summed E-state index contributed by atoms with van der Waals surface area (Å²) in [6.07, 6.45) is 1.93. The summed E-state index contributed by atoms with van der Waals surface area (Å²) in [5.41, 5.74) is 7.75. The Morgan fingerprint density at radius 2 is 1.53 bits per heavy atom. The van der Waals surface area contributed by atoms with Crippen LogP contribution in [0.25, 0.3) is 0 Å². The molecule has 0 saturated carbocycles. The lowest BCUT2D eigenvalue weighted by molar-refractivity contribution is 1.47. The molecule has 0 fully saturated rings. The van der Waals surface area contributed by atoms with Gasteiger partial charge in [-0.3, -0.25) is 0 Å². The molecule has 0 bridgehead atoms. The topological polar surface area (TPSA) is 50.7 Å². The van der Waals surface area contributed by atoms with E-state index in [1.807, 2.05) is 66.9 Å². The Morgan fingerprint density at radius 1 is 0.947 bits per heavy atom. The molecule has 0 aliphatic heterocycles. The zero-order valence-electron chi connectivity index (χ0n) is 10.7. The van der Waals surface area contributed by atoms with Crippen molar-refractivity contribution in [3.63, 3.8) is 0 Å². The summed E-state index contributed by atoms with van der Waals surface area (Å²) in [6.45, 7) is 0. The summed E-state index contributed by atoms with van der Waals surface area (Å²) < 4.78 is 0. The number of nitrogens with two attached hydrogens (primary N) is 1. The minimum absolute atomic E-state index is 0.477. The Bertz CT molecular complexity index is 577. The highest BCUT2D eigenvalue weighted by molar-refractivity contribution is 8.13. The van der Waals surface area contributed by atoms with Crippen LogP contribution in [0.15, 0.2) is 70.6 Å². The van der Waals surface area contributed by atoms with E-state index >= 15 is 0 Å². The molecule has 2 N–H and O–H groups in total. The molecule has 2 rings (SSSR count). The van der Waals surface area contributed by atoms with Gasteiger partial charge < -0.3 is 5.73 Å². The van der Waals surface area contributed by atoms with E-state index in [1.165, 1.54) is 11.8 Å². The van der Waals surface area contributed by atoms with Crippen molar-refractivity contribution in [2.75, 3.05) is 6.26 Å². The molecule has 0 unspecified atom stereocenters. The van der Waals surface area contributed by atoms with Gasteiger partial charge in [0, 0.05) is 5.56 Å². The average Bonchev–Trinajstić information content (AvgIpc) is 2.48. The first kappa shape index (κ1) is 13.4. The number of rotatable bonds is 2. The lowest BCUT2D eigenvalue weighted by atomic mass is 10.2. The summed E-state index contributed by atoms with van der Waals surface area (Å²) in [7, 11) is 0. The zero-order chi connectivity index (χ0) is 13.5. The van der Waals surface area contributed by atoms with Gasteiger partial charge in [0.2, 0.25) is 0 Å². The van der Waals surface area contributed by atoms with Crippen molar-refractivity contribution in [2.24, 2.45) is 15.7 Å². The summed E-state index contributed by atoms with van der Waals surface area (Å²) in [6, 6.07) is 19.4. The maximum atomic E-state index is 5.98. The fourth-order valence-electron chi connectivity index (χ4n) is 1.51. The molecular weight excluding hydrogens is 254 g/mol. The van der Waals surface area contributed by atoms with Crippen LogP contribution in [0, 0.1) is 0 Å². The minimum Gasteiger partial charge on any atom is -0.383 e. The van der Waals surface area contributed by atoms with Crippen LogP contribution in [0.4, 0.5) is 5.69 Å².